The maximum Gasteiger partial charge on any atom is 0.184 e. The summed E-state index contributed by atoms with van der Waals surface area (Å²) in [5.41, 5.74) is 2.29. The van der Waals surface area contributed by atoms with Crippen LogP contribution >= 0.6 is 0 Å². The average Bonchev–Trinajstić information content (AvgIpc) is 3.00. The van der Waals surface area contributed by atoms with E-state index in [2.05, 4.69) is 78.8 Å². The predicted octanol–water partition coefficient (Wildman–Crippen LogP) is 8.47. The molecule has 202 valence electrons. The molecule has 0 spiro atoms. The van der Waals surface area contributed by atoms with Crippen molar-refractivity contribution in [2.24, 2.45) is 34.5 Å². The quantitative estimate of drug-likeness (QED) is 0.241. The van der Waals surface area contributed by atoms with Crippen LogP contribution < -0.4 is 0 Å². The Balaban J connectivity index is 1.67. The van der Waals surface area contributed by atoms with Gasteiger partial charge in [0, 0.05) is 12.0 Å². The first-order chi connectivity index (χ1) is 15.9. The minimum atomic E-state index is -1.60. The number of fused-ring (bicyclic) bond motifs is 5. The first-order valence-corrected chi connectivity index (χ1v) is 24.9. The zero-order chi connectivity index (χ0) is 26.0. The molecule has 6 heteroatoms. The molecule has 3 saturated carbocycles. The molecular formula is C29H56O3Si3. The first kappa shape index (κ1) is 28.3. The Morgan fingerprint density at radius 2 is 1.46 bits per heavy atom. The summed E-state index contributed by atoms with van der Waals surface area (Å²) < 4.78 is 20.3. The summed E-state index contributed by atoms with van der Waals surface area (Å²) in [6.07, 6.45) is 12.4. The van der Waals surface area contributed by atoms with Crippen molar-refractivity contribution in [1.29, 1.82) is 0 Å². The van der Waals surface area contributed by atoms with Crippen LogP contribution in [0, 0.1) is 34.5 Å². The lowest BCUT2D eigenvalue weighted by Gasteiger charge is -2.61. The van der Waals surface area contributed by atoms with Crippen LogP contribution in [0.3, 0.4) is 0 Å². The first-order valence-electron chi connectivity index (χ1n) is 14.6. The Labute approximate surface area is 220 Å². The third kappa shape index (κ3) is 5.83. The summed E-state index contributed by atoms with van der Waals surface area (Å²) in [7, 11) is -4.70. The van der Waals surface area contributed by atoms with E-state index in [9.17, 15) is 0 Å². The second kappa shape index (κ2) is 9.48. The van der Waals surface area contributed by atoms with Gasteiger partial charge in [-0.3, -0.25) is 0 Å². The van der Waals surface area contributed by atoms with Gasteiger partial charge in [-0.2, -0.15) is 0 Å². The van der Waals surface area contributed by atoms with Gasteiger partial charge in [-0.1, -0.05) is 25.5 Å². The zero-order valence-corrected chi connectivity index (χ0v) is 27.9. The van der Waals surface area contributed by atoms with Crippen molar-refractivity contribution in [2.45, 2.75) is 130 Å². The molecular weight excluding hydrogens is 481 g/mol. The highest BCUT2D eigenvalue weighted by Gasteiger charge is 2.62. The predicted molar refractivity (Wildman–Crippen MR) is 156 cm³/mol. The molecule has 0 heterocycles. The molecule has 0 radical (unpaired) electrons. The highest BCUT2D eigenvalue weighted by atomic mass is 28.4. The van der Waals surface area contributed by atoms with Crippen molar-refractivity contribution in [1.82, 2.24) is 0 Å². The molecule has 0 bridgehead atoms. The normalized spacial score (nSPS) is 42.2. The van der Waals surface area contributed by atoms with E-state index >= 15 is 0 Å². The number of rotatable bonds is 7. The second-order valence-corrected chi connectivity index (χ2v) is 29.3. The topological polar surface area (TPSA) is 27.7 Å². The maximum absolute atomic E-state index is 6.87. The third-order valence-corrected chi connectivity index (χ3v) is 12.8. The molecule has 0 unspecified atom stereocenters. The van der Waals surface area contributed by atoms with E-state index < -0.39 is 25.0 Å². The third-order valence-electron chi connectivity index (χ3n) is 9.82. The maximum atomic E-state index is 6.87. The molecule has 0 aliphatic heterocycles. The van der Waals surface area contributed by atoms with E-state index in [0.717, 1.165) is 30.3 Å². The van der Waals surface area contributed by atoms with E-state index in [-0.39, 0.29) is 5.41 Å². The largest absolute Gasteiger partial charge is 0.417 e. The van der Waals surface area contributed by atoms with E-state index in [1.165, 1.54) is 44.9 Å². The van der Waals surface area contributed by atoms with Crippen LogP contribution in [0.25, 0.3) is 0 Å². The molecule has 4 aliphatic rings. The van der Waals surface area contributed by atoms with Crippen LogP contribution in [0.2, 0.25) is 58.9 Å². The lowest BCUT2D eigenvalue weighted by Crippen LogP contribution is -2.57. The molecule has 8 atom stereocenters. The van der Waals surface area contributed by atoms with Crippen molar-refractivity contribution in [3.63, 3.8) is 0 Å². The molecule has 0 N–H and O–H groups in total. The number of hydrogen-bond donors (Lipinski definition) is 0. The SMILES string of the molecule is C[C@@H]1CC2=C[C@@H](O[Si](C)(C)C)CC[C@]2(CO[Si](C)(C)C)[C@H]2CC[C@]3(C)[C@@H](O[Si](C)(C)C)CC[C@H]3[C@H]12. The molecule has 0 aromatic carbocycles. The van der Waals surface area contributed by atoms with Gasteiger partial charge in [0.2, 0.25) is 0 Å². The molecule has 4 rings (SSSR count). The Morgan fingerprint density at radius 1 is 0.800 bits per heavy atom. The van der Waals surface area contributed by atoms with Crippen LogP contribution in [0.15, 0.2) is 11.6 Å². The smallest absolute Gasteiger partial charge is 0.184 e. The average molecular weight is 537 g/mol. The summed E-state index contributed by atoms with van der Waals surface area (Å²) in [4.78, 5) is 0. The van der Waals surface area contributed by atoms with E-state index in [1.807, 2.05) is 0 Å². The molecule has 35 heavy (non-hydrogen) atoms. The lowest BCUT2D eigenvalue weighted by molar-refractivity contribution is -0.106. The van der Waals surface area contributed by atoms with Gasteiger partial charge in [-0.05, 0) is 133 Å². The minimum absolute atomic E-state index is 0.232. The molecule has 0 aromatic rings. The van der Waals surface area contributed by atoms with Crippen molar-refractivity contribution in [2.75, 3.05) is 6.61 Å². The van der Waals surface area contributed by atoms with Gasteiger partial charge in [-0.25, -0.2) is 0 Å². The molecule has 3 fully saturated rings. The van der Waals surface area contributed by atoms with Gasteiger partial charge >= 0.3 is 0 Å². The monoisotopic (exact) mass is 536 g/mol. The van der Waals surface area contributed by atoms with Crippen molar-refractivity contribution < 1.29 is 13.3 Å². The van der Waals surface area contributed by atoms with Crippen molar-refractivity contribution >= 4 is 25.0 Å². The van der Waals surface area contributed by atoms with Crippen LogP contribution in [0.1, 0.15) is 58.8 Å². The van der Waals surface area contributed by atoms with Gasteiger partial charge in [0.15, 0.2) is 25.0 Å². The van der Waals surface area contributed by atoms with Gasteiger partial charge in [0.25, 0.3) is 0 Å². The van der Waals surface area contributed by atoms with Gasteiger partial charge in [0.05, 0.1) is 12.2 Å². The van der Waals surface area contributed by atoms with Gasteiger partial charge < -0.3 is 13.3 Å². The van der Waals surface area contributed by atoms with Crippen LogP contribution in [0.5, 0.6) is 0 Å². The zero-order valence-electron chi connectivity index (χ0n) is 24.9. The fourth-order valence-electron chi connectivity index (χ4n) is 8.58. The van der Waals surface area contributed by atoms with Gasteiger partial charge in [-0.15, -0.1) is 0 Å². The number of hydrogen-bond acceptors (Lipinski definition) is 3. The van der Waals surface area contributed by atoms with E-state index in [4.69, 9.17) is 13.3 Å². The lowest BCUT2D eigenvalue weighted by atomic mass is 9.45. The van der Waals surface area contributed by atoms with Crippen LogP contribution in [-0.2, 0) is 13.3 Å². The fraction of sp³-hybridized carbons (Fsp3) is 0.931. The summed E-state index contributed by atoms with van der Waals surface area (Å²) >= 11 is 0. The second-order valence-electron chi connectivity index (χ2n) is 15.9. The summed E-state index contributed by atoms with van der Waals surface area (Å²) in [5, 5.41) is 0. The van der Waals surface area contributed by atoms with Gasteiger partial charge in [0.1, 0.15) is 0 Å². The Hall–Kier alpha value is 0.271. The molecule has 0 aromatic heterocycles. The van der Waals surface area contributed by atoms with Crippen molar-refractivity contribution in [3.8, 4) is 0 Å². The summed E-state index contributed by atoms with van der Waals surface area (Å²) in [5.74, 6) is 3.11. The highest BCUT2D eigenvalue weighted by Crippen LogP contribution is 2.67. The Bertz CT molecular complexity index is 807. The molecule has 4 aliphatic carbocycles. The molecule has 0 saturated heterocycles. The van der Waals surface area contributed by atoms with Crippen molar-refractivity contribution in [3.05, 3.63) is 11.6 Å². The van der Waals surface area contributed by atoms with Crippen LogP contribution in [-0.4, -0.2) is 43.8 Å². The summed E-state index contributed by atoms with van der Waals surface area (Å²) in [6.45, 7) is 27.3. The molecule has 3 nitrogen and oxygen atoms in total. The standard InChI is InChI=1S/C29H56O3Si3/c1-21-18-22-19-23(31-34(6,7)8)14-17-29(22,20-30-33(3,4)5)25-15-16-28(2)24(27(21)25)12-13-26(28)32-35(9,10)11/h19,21,23-27H,12-18,20H2,1-11H3/t21-,23+,24+,25+,26+,27+,28+,29-/m1/s1. The minimum Gasteiger partial charge on any atom is -0.417 e. The highest BCUT2D eigenvalue weighted by molar-refractivity contribution is 6.70. The van der Waals surface area contributed by atoms with E-state index in [1.54, 1.807) is 5.57 Å². The fourth-order valence-corrected chi connectivity index (χ4v) is 11.6. The van der Waals surface area contributed by atoms with E-state index in [0.29, 0.717) is 17.6 Å². The Morgan fingerprint density at radius 3 is 2.06 bits per heavy atom. The summed E-state index contributed by atoms with van der Waals surface area (Å²) in [6, 6.07) is 0. The Kier molecular flexibility index (Phi) is 7.66. The van der Waals surface area contributed by atoms with Crippen LogP contribution in [0.4, 0.5) is 0 Å². The molecule has 0 amide bonds.